The number of pyridine rings is 1. The van der Waals surface area contributed by atoms with E-state index in [1.54, 1.807) is 6.20 Å². The molecule has 0 radical (unpaired) electrons. The average molecular weight is 192 g/mol. The van der Waals surface area contributed by atoms with Crippen LogP contribution in [-0.2, 0) is 5.60 Å². The number of anilines is 1. The molecule has 0 aliphatic heterocycles. The molecule has 1 aliphatic carbocycles. The van der Waals surface area contributed by atoms with E-state index in [1.807, 2.05) is 13.0 Å². The summed E-state index contributed by atoms with van der Waals surface area (Å²) in [5.74, 6) is 0.472. The van der Waals surface area contributed by atoms with Crippen molar-refractivity contribution in [1.82, 2.24) is 4.98 Å². The van der Waals surface area contributed by atoms with Crippen LogP contribution in [0.15, 0.2) is 12.3 Å². The summed E-state index contributed by atoms with van der Waals surface area (Å²) in [7, 11) is 0. The van der Waals surface area contributed by atoms with Crippen molar-refractivity contribution in [3.05, 3.63) is 23.4 Å². The Labute approximate surface area is 84.0 Å². The van der Waals surface area contributed by atoms with Gasteiger partial charge in [0.1, 0.15) is 5.82 Å². The fourth-order valence-corrected chi connectivity index (χ4v) is 2.18. The third-order valence-electron chi connectivity index (χ3n) is 2.99. The van der Waals surface area contributed by atoms with E-state index >= 15 is 0 Å². The lowest BCUT2D eigenvalue weighted by molar-refractivity contribution is 0.0449. The van der Waals surface area contributed by atoms with E-state index in [0.29, 0.717) is 5.82 Å². The van der Waals surface area contributed by atoms with Crippen molar-refractivity contribution >= 4 is 5.82 Å². The smallest absolute Gasteiger partial charge is 0.129 e. The van der Waals surface area contributed by atoms with Crippen LogP contribution in [0, 0.1) is 6.92 Å². The minimum absolute atomic E-state index is 0.472. The Bertz CT molecular complexity index is 343. The molecule has 0 atom stereocenters. The Kier molecular flexibility index (Phi) is 2.19. The van der Waals surface area contributed by atoms with Crippen LogP contribution in [0.5, 0.6) is 0 Å². The minimum Gasteiger partial charge on any atom is -0.385 e. The van der Waals surface area contributed by atoms with E-state index in [-0.39, 0.29) is 0 Å². The van der Waals surface area contributed by atoms with Gasteiger partial charge in [-0.05, 0) is 31.4 Å². The fraction of sp³-hybridized carbons (Fsp3) is 0.545. The quantitative estimate of drug-likeness (QED) is 0.712. The highest BCUT2D eigenvalue weighted by Crippen LogP contribution is 2.40. The van der Waals surface area contributed by atoms with Crippen LogP contribution in [0.4, 0.5) is 5.82 Å². The maximum Gasteiger partial charge on any atom is 0.129 e. The Morgan fingerprint density at radius 1 is 1.43 bits per heavy atom. The molecular weight excluding hydrogens is 176 g/mol. The number of nitrogens with zero attached hydrogens (tertiary/aromatic N) is 1. The molecule has 0 amide bonds. The van der Waals surface area contributed by atoms with E-state index in [9.17, 15) is 5.11 Å². The summed E-state index contributed by atoms with van der Waals surface area (Å²) in [5, 5.41) is 10.3. The summed E-state index contributed by atoms with van der Waals surface area (Å²) in [6.45, 7) is 1.97. The zero-order valence-corrected chi connectivity index (χ0v) is 8.45. The predicted octanol–water partition coefficient (Wildman–Crippen LogP) is 1.73. The monoisotopic (exact) mass is 192 g/mol. The molecule has 3 heteroatoms. The first kappa shape index (κ1) is 9.46. The lowest BCUT2D eigenvalue weighted by Crippen LogP contribution is -2.23. The van der Waals surface area contributed by atoms with Gasteiger partial charge in [0.15, 0.2) is 0 Å². The highest BCUT2D eigenvalue weighted by Gasteiger charge is 2.35. The molecule has 14 heavy (non-hydrogen) atoms. The van der Waals surface area contributed by atoms with E-state index in [4.69, 9.17) is 5.73 Å². The molecule has 1 saturated carbocycles. The van der Waals surface area contributed by atoms with Gasteiger partial charge >= 0.3 is 0 Å². The Morgan fingerprint density at radius 2 is 2.07 bits per heavy atom. The number of nitrogen functional groups attached to an aromatic ring is 1. The van der Waals surface area contributed by atoms with Crippen LogP contribution in [0.3, 0.4) is 0 Å². The number of hydrogen-bond acceptors (Lipinski definition) is 3. The van der Waals surface area contributed by atoms with E-state index in [0.717, 1.165) is 36.8 Å². The van der Waals surface area contributed by atoms with Gasteiger partial charge in [-0.3, -0.25) is 0 Å². The molecule has 1 fully saturated rings. The molecule has 1 aliphatic rings. The summed E-state index contributed by atoms with van der Waals surface area (Å²) in [4.78, 5) is 4.09. The molecule has 0 unspecified atom stereocenters. The number of nitrogens with two attached hydrogens (primary N) is 1. The van der Waals surface area contributed by atoms with E-state index in [1.165, 1.54) is 0 Å². The van der Waals surface area contributed by atoms with Crippen LogP contribution in [0.25, 0.3) is 0 Å². The van der Waals surface area contributed by atoms with Gasteiger partial charge in [-0.15, -0.1) is 0 Å². The van der Waals surface area contributed by atoms with Crippen molar-refractivity contribution < 1.29 is 5.11 Å². The summed E-state index contributed by atoms with van der Waals surface area (Å²) in [5.41, 5.74) is 6.93. The second-order valence-electron chi connectivity index (χ2n) is 4.18. The first-order valence-electron chi connectivity index (χ1n) is 5.07. The third-order valence-corrected chi connectivity index (χ3v) is 2.99. The van der Waals surface area contributed by atoms with Crippen molar-refractivity contribution in [3.63, 3.8) is 0 Å². The lowest BCUT2D eigenvalue weighted by Gasteiger charge is -2.23. The number of aromatic nitrogens is 1. The molecule has 0 bridgehead atoms. The van der Waals surface area contributed by atoms with Crippen molar-refractivity contribution in [2.75, 3.05) is 5.73 Å². The van der Waals surface area contributed by atoms with Gasteiger partial charge in [0.2, 0.25) is 0 Å². The Morgan fingerprint density at radius 3 is 2.71 bits per heavy atom. The van der Waals surface area contributed by atoms with Crippen LogP contribution in [0.2, 0.25) is 0 Å². The zero-order chi connectivity index (χ0) is 10.2. The molecule has 0 aromatic carbocycles. The first-order chi connectivity index (χ1) is 6.62. The van der Waals surface area contributed by atoms with Gasteiger partial charge in [-0.25, -0.2) is 4.98 Å². The van der Waals surface area contributed by atoms with Gasteiger partial charge < -0.3 is 10.8 Å². The molecule has 0 spiro atoms. The van der Waals surface area contributed by atoms with Gasteiger partial charge in [0.25, 0.3) is 0 Å². The summed E-state index contributed by atoms with van der Waals surface area (Å²) in [6, 6.07) is 1.95. The zero-order valence-electron chi connectivity index (χ0n) is 8.45. The maximum atomic E-state index is 10.3. The fourth-order valence-electron chi connectivity index (χ4n) is 2.18. The highest BCUT2D eigenvalue weighted by molar-refractivity contribution is 5.45. The van der Waals surface area contributed by atoms with Crippen LogP contribution < -0.4 is 5.73 Å². The first-order valence-corrected chi connectivity index (χ1v) is 5.07. The molecular formula is C11H16N2O. The van der Waals surface area contributed by atoms with Gasteiger partial charge in [-0.1, -0.05) is 12.8 Å². The SMILES string of the molecule is Cc1cnc(N)c(C2(O)CCCC2)c1. The summed E-state index contributed by atoms with van der Waals surface area (Å²) in [6.07, 6.45) is 5.50. The van der Waals surface area contributed by atoms with Crippen molar-refractivity contribution in [1.29, 1.82) is 0 Å². The number of aliphatic hydroxyl groups is 1. The van der Waals surface area contributed by atoms with E-state index < -0.39 is 5.60 Å². The molecule has 0 saturated heterocycles. The molecule has 1 aromatic rings. The second-order valence-corrected chi connectivity index (χ2v) is 4.18. The van der Waals surface area contributed by atoms with Crippen molar-refractivity contribution in [2.24, 2.45) is 0 Å². The summed E-state index contributed by atoms with van der Waals surface area (Å²) < 4.78 is 0. The molecule has 3 nitrogen and oxygen atoms in total. The minimum atomic E-state index is -0.719. The van der Waals surface area contributed by atoms with Gasteiger partial charge in [-0.2, -0.15) is 0 Å². The standard InChI is InChI=1S/C11H16N2O/c1-8-6-9(10(12)13-7-8)11(14)4-2-3-5-11/h6-7,14H,2-5H2,1H3,(H2,12,13). The average Bonchev–Trinajstić information content (AvgIpc) is 2.58. The number of rotatable bonds is 1. The Balaban J connectivity index is 2.44. The molecule has 1 heterocycles. The van der Waals surface area contributed by atoms with Crippen molar-refractivity contribution in [2.45, 2.75) is 38.2 Å². The molecule has 76 valence electrons. The van der Waals surface area contributed by atoms with Crippen LogP contribution in [0.1, 0.15) is 36.8 Å². The Hall–Kier alpha value is -1.09. The van der Waals surface area contributed by atoms with Crippen LogP contribution in [-0.4, -0.2) is 10.1 Å². The molecule has 2 rings (SSSR count). The van der Waals surface area contributed by atoms with Crippen molar-refractivity contribution in [3.8, 4) is 0 Å². The normalized spacial score (nSPS) is 19.9. The lowest BCUT2D eigenvalue weighted by atomic mass is 9.92. The molecule has 1 aromatic heterocycles. The van der Waals surface area contributed by atoms with Crippen LogP contribution >= 0.6 is 0 Å². The second kappa shape index (κ2) is 3.24. The topological polar surface area (TPSA) is 59.1 Å². The number of hydrogen-bond donors (Lipinski definition) is 2. The van der Waals surface area contributed by atoms with Gasteiger partial charge in [0, 0.05) is 11.8 Å². The summed E-state index contributed by atoms with van der Waals surface area (Å²) >= 11 is 0. The van der Waals surface area contributed by atoms with E-state index in [2.05, 4.69) is 4.98 Å². The number of aryl methyl sites for hydroxylation is 1. The molecule has 3 N–H and O–H groups in total. The maximum absolute atomic E-state index is 10.3. The third kappa shape index (κ3) is 1.48. The highest BCUT2D eigenvalue weighted by atomic mass is 16.3. The predicted molar refractivity (Wildman–Crippen MR) is 55.8 cm³/mol. The van der Waals surface area contributed by atoms with Gasteiger partial charge in [0.05, 0.1) is 5.60 Å². The largest absolute Gasteiger partial charge is 0.385 e.